The molecule has 2 rings (SSSR count). The maximum Gasteiger partial charge on any atom is 0.0412 e. The standard InChI is InChI=1S/C14H22BrNS/c1-10-12(15)9-14(17-10)13(16-2)8-7-11-5-3-4-6-11/h9,11,13,16H,3-8H2,1-2H3. The fourth-order valence-electron chi connectivity index (χ4n) is 2.78. The number of hydrogen-bond acceptors (Lipinski definition) is 2. The van der Waals surface area contributed by atoms with Crippen molar-refractivity contribution in [3.05, 3.63) is 20.3 Å². The molecule has 0 saturated heterocycles. The second kappa shape index (κ2) is 6.35. The number of thiophene rings is 1. The topological polar surface area (TPSA) is 12.0 Å². The molecule has 1 saturated carbocycles. The Morgan fingerprint density at radius 2 is 2.18 bits per heavy atom. The van der Waals surface area contributed by atoms with Crippen molar-refractivity contribution in [2.45, 2.75) is 51.5 Å². The SMILES string of the molecule is CNC(CCC1CCCC1)c1cc(Br)c(C)s1. The van der Waals surface area contributed by atoms with Crippen LogP contribution in [0.1, 0.15) is 54.3 Å². The van der Waals surface area contributed by atoms with Crippen LogP contribution in [0.15, 0.2) is 10.5 Å². The average Bonchev–Trinajstić information content (AvgIpc) is 2.91. The molecule has 1 unspecified atom stereocenters. The van der Waals surface area contributed by atoms with Crippen LogP contribution in [0.4, 0.5) is 0 Å². The highest BCUT2D eigenvalue weighted by Gasteiger charge is 2.19. The monoisotopic (exact) mass is 315 g/mol. The van der Waals surface area contributed by atoms with Crippen molar-refractivity contribution in [3.63, 3.8) is 0 Å². The molecule has 1 atom stereocenters. The zero-order valence-electron chi connectivity index (χ0n) is 10.8. The third kappa shape index (κ3) is 3.55. The van der Waals surface area contributed by atoms with Gasteiger partial charge in [-0.2, -0.15) is 0 Å². The van der Waals surface area contributed by atoms with E-state index < -0.39 is 0 Å². The zero-order valence-corrected chi connectivity index (χ0v) is 13.2. The van der Waals surface area contributed by atoms with E-state index in [1.54, 1.807) is 0 Å². The molecular weight excluding hydrogens is 294 g/mol. The predicted molar refractivity (Wildman–Crippen MR) is 79.7 cm³/mol. The van der Waals surface area contributed by atoms with E-state index in [4.69, 9.17) is 0 Å². The smallest absolute Gasteiger partial charge is 0.0412 e. The van der Waals surface area contributed by atoms with Gasteiger partial charge in [0.1, 0.15) is 0 Å². The Hall–Kier alpha value is 0.140. The first-order chi connectivity index (χ1) is 8.20. The fourth-order valence-corrected chi connectivity index (χ4v) is 4.49. The summed E-state index contributed by atoms with van der Waals surface area (Å²) >= 11 is 5.53. The van der Waals surface area contributed by atoms with Crippen LogP contribution in [0.5, 0.6) is 0 Å². The van der Waals surface area contributed by atoms with E-state index in [9.17, 15) is 0 Å². The normalized spacial score (nSPS) is 18.8. The highest BCUT2D eigenvalue weighted by atomic mass is 79.9. The maximum absolute atomic E-state index is 3.61. The van der Waals surface area contributed by atoms with Crippen molar-refractivity contribution < 1.29 is 0 Å². The lowest BCUT2D eigenvalue weighted by molar-refractivity contribution is 0.430. The molecule has 0 spiro atoms. The second-order valence-corrected chi connectivity index (χ2v) is 7.26. The largest absolute Gasteiger partial charge is 0.312 e. The Morgan fingerprint density at radius 1 is 1.47 bits per heavy atom. The van der Waals surface area contributed by atoms with Crippen molar-refractivity contribution in [3.8, 4) is 0 Å². The Bertz CT molecular complexity index is 336. The molecule has 0 aromatic carbocycles. The molecule has 0 radical (unpaired) electrons. The minimum atomic E-state index is 0.547. The number of halogens is 1. The van der Waals surface area contributed by atoms with Gasteiger partial charge < -0.3 is 5.32 Å². The van der Waals surface area contributed by atoms with Gasteiger partial charge in [-0.1, -0.05) is 25.7 Å². The lowest BCUT2D eigenvalue weighted by Crippen LogP contribution is -2.16. The quantitative estimate of drug-likeness (QED) is 0.801. The Balaban J connectivity index is 1.91. The van der Waals surface area contributed by atoms with E-state index in [-0.39, 0.29) is 0 Å². The molecule has 3 heteroatoms. The van der Waals surface area contributed by atoms with Crippen molar-refractivity contribution in [1.82, 2.24) is 5.32 Å². The van der Waals surface area contributed by atoms with Gasteiger partial charge in [0.05, 0.1) is 0 Å². The van der Waals surface area contributed by atoms with Gasteiger partial charge in [0.15, 0.2) is 0 Å². The molecule has 1 nitrogen and oxygen atoms in total. The van der Waals surface area contributed by atoms with E-state index in [0.717, 1.165) is 5.92 Å². The summed E-state index contributed by atoms with van der Waals surface area (Å²) in [4.78, 5) is 2.87. The van der Waals surface area contributed by atoms with Crippen molar-refractivity contribution in [2.24, 2.45) is 5.92 Å². The number of aryl methyl sites for hydroxylation is 1. The molecule has 1 aromatic heterocycles. The summed E-state index contributed by atoms with van der Waals surface area (Å²) < 4.78 is 1.26. The average molecular weight is 316 g/mol. The fraction of sp³-hybridized carbons (Fsp3) is 0.714. The first-order valence-electron chi connectivity index (χ1n) is 6.63. The minimum absolute atomic E-state index is 0.547. The Labute approximate surface area is 117 Å². The molecule has 0 aliphatic heterocycles. The predicted octanol–water partition coefficient (Wildman–Crippen LogP) is 5.05. The molecule has 96 valence electrons. The van der Waals surface area contributed by atoms with E-state index >= 15 is 0 Å². The van der Waals surface area contributed by atoms with Crippen LogP contribution in [-0.2, 0) is 0 Å². The van der Waals surface area contributed by atoms with Crippen LogP contribution >= 0.6 is 27.3 Å². The molecular formula is C14H22BrNS. The van der Waals surface area contributed by atoms with E-state index in [0.29, 0.717) is 6.04 Å². The Kier molecular flexibility index (Phi) is 5.07. The van der Waals surface area contributed by atoms with Gasteiger partial charge >= 0.3 is 0 Å². The van der Waals surface area contributed by atoms with Gasteiger partial charge in [-0.25, -0.2) is 0 Å². The number of nitrogens with one attached hydrogen (secondary N) is 1. The van der Waals surface area contributed by atoms with Crippen molar-refractivity contribution in [1.29, 1.82) is 0 Å². The molecule has 1 heterocycles. The minimum Gasteiger partial charge on any atom is -0.312 e. The third-order valence-electron chi connectivity index (χ3n) is 3.91. The first kappa shape index (κ1) is 13.6. The molecule has 0 bridgehead atoms. The van der Waals surface area contributed by atoms with Gasteiger partial charge in [0.25, 0.3) is 0 Å². The highest BCUT2D eigenvalue weighted by Crippen LogP contribution is 2.35. The summed E-state index contributed by atoms with van der Waals surface area (Å²) in [5, 5.41) is 3.47. The zero-order chi connectivity index (χ0) is 12.3. The van der Waals surface area contributed by atoms with E-state index in [2.05, 4.69) is 41.3 Å². The molecule has 17 heavy (non-hydrogen) atoms. The Morgan fingerprint density at radius 3 is 2.71 bits per heavy atom. The van der Waals surface area contributed by atoms with E-state index in [1.807, 2.05) is 11.3 Å². The van der Waals surface area contributed by atoms with Crippen LogP contribution in [-0.4, -0.2) is 7.05 Å². The molecule has 0 amide bonds. The van der Waals surface area contributed by atoms with E-state index in [1.165, 1.54) is 52.8 Å². The molecule has 1 fully saturated rings. The van der Waals surface area contributed by atoms with Gasteiger partial charge in [-0.3, -0.25) is 0 Å². The summed E-state index contributed by atoms with van der Waals surface area (Å²) in [5.41, 5.74) is 0. The lowest BCUT2D eigenvalue weighted by atomic mass is 9.98. The second-order valence-electron chi connectivity index (χ2n) is 5.12. The van der Waals surface area contributed by atoms with Crippen molar-refractivity contribution >= 4 is 27.3 Å². The van der Waals surface area contributed by atoms with Crippen LogP contribution in [0.3, 0.4) is 0 Å². The van der Waals surface area contributed by atoms with Crippen molar-refractivity contribution in [2.75, 3.05) is 7.05 Å². The van der Waals surface area contributed by atoms with Crippen LogP contribution in [0, 0.1) is 12.8 Å². The molecule has 1 aliphatic carbocycles. The van der Waals surface area contributed by atoms with Gasteiger partial charge in [0.2, 0.25) is 0 Å². The van der Waals surface area contributed by atoms with Gasteiger partial charge in [-0.15, -0.1) is 11.3 Å². The number of hydrogen-bond donors (Lipinski definition) is 1. The summed E-state index contributed by atoms with van der Waals surface area (Å²) in [6, 6.07) is 2.83. The summed E-state index contributed by atoms with van der Waals surface area (Å²) in [6.07, 6.45) is 8.51. The van der Waals surface area contributed by atoms with Gasteiger partial charge in [-0.05, 0) is 54.7 Å². The molecule has 1 N–H and O–H groups in total. The van der Waals surface area contributed by atoms with Crippen LogP contribution in [0.25, 0.3) is 0 Å². The van der Waals surface area contributed by atoms with Crippen LogP contribution < -0.4 is 5.32 Å². The summed E-state index contributed by atoms with van der Waals surface area (Å²) in [7, 11) is 2.09. The first-order valence-corrected chi connectivity index (χ1v) is 8.24. The molecule has 1 aliphatic rings. The van der Waals surface area contributed by atoms with Gasteiger partial charge in [0, 0.05) is 20.3 Å². The molecule has 1 aromatic rings. The summed E-state index contributed by atoms with van der Waals surface area (Å²) in [6.45, 7) is 2.18. The maximum atomic E-state index is 3.61. The third-order valence-corrected chi connectivity index (χ3v) is 6.16. The summed E-state index contributed by atoms with van der Waals surface area (Å²) in [5.74, 6) is 0.996. The van der Waals surface area contributed by atoms with Crippen LogP contribution in [0.2, 0.25) is 0 Å². The lowest BCUT2D eigenvalue weighted by Gasteiger charge is -2.17. The number of rotatable bonds is 5. The highest BCUT2D eigenvalue weighted by molar-refractivity contribution is 9.10.